The molecule has 33 heavy (non-hydrogen) atoms. The predicted octanol–water partition coefficient (Wildman–Crippen LogP) is 6.18. The molecule has 7 heteroatoms. The summed E-state index contributed by atoms with van der Waals surface area (Å²) >= 11 is 0. The minimum Gasteiger partial charge on any atom is -0.478 e. The molecule has 0 fully saturated rings. The Morgan fingerprint density at radius 2 is 1.64 bits per heavy atom. The van der Waals surface area contributed by atoms with Gasteiger partial charge < -0.3 is 14.7 Å². The molecule has 0 aliphatic heterocycles. The van der Waals surface area contributed by atoms with E-state index in [1.807, 2.05) is 20.8 Å². The van der Waals surface area contributed by atoms with Gasteiger partial charge in [-0.3, -0.25) is 0 Å². The number of carboxylic acid groups (broad SMARTS) is 1. The zero-order valence-electron chi connectivity index (χ0n) is 20.9. The minimum absolute atomic E-state index is 0.0916. The summed E-state index contributed by atoms with van der Waals surface area (Å²) in [6, 6.07) is 3.09. The highest BCUT2D eigenvalue weighted by molar-refractivity contribution is 7.82. The van der Waals surface area contributed by atoms with Gasteiger partial charge in [-0.05, 0) is 38.0 Å². The first-order valence-corrected chi connectivity index (χ1v) is 12.8. The van der Waals surface area contributed by atoms with Gasteiger partial charge >= 0.3 is 5.97 Å². The third kappa shape index (κ3) is 8.82. The molecule has 0 radical (unpaired) electrons. The van der Waals surface area contributed by atoms with Crippen molar-refractivity contribution in [3.05, 3.63) is 54.3 Å². The van der Waals surface area contributed by atoms with E-state index >= 15 is 0 Å². The van der Waals surface area contributed by atoms with E-state index in [1.54, 1.807) is 22.5 Å². The summed E-state index contributed by atoms with van der Waals surface area (Å²) < 4.78 is 21.5. The first kappa shape index (κ1) is 28.7. The summed E-state index contributed by atoms with van der Waals surface area (Å²) in [4.78, 5) is 14.5. The van der Waals surface area contributed by atoms with E-state index in [9.17, 15) is 14.1 Å². The number of aromatic carboxylic acids is 1. The van der Waals surface area contributed by atoms with Gasteiger partial charge in [-0.2, -0.15) is 0 Å². The molecule has 6 nitrogen and oxygen atoms in total. The van der Waals surface area contributed by atoms with Crippen LogP contribution in [0, 0.1) is 0 Å². The van der Waals surface area contributed by atoms with Gasteiger partial charge in [0.2, 0.25) is 0 Å². The molecule has 1 atom stereocenters. The second kappa shape index (κ2) is 14.7. The Bertz CT molecular complexity index is 867. The molecule has 0 aromatic heterocycles. The Balaban J connectivity index is 3.77. The normalized spacial score (nSPS) is 12.2. The monoisotopic (exact) mass is 476 g/mol. The minimum atomic E-state index is -1.59. The van der Waals surface area contributed by atoms with Gasteiger partial charge in [-0.15, -0.1) is 0 Å². The number of rotatable bonds is 16. The van der Waals surface area contributed by atoms with Crippen LogP contribution in [0.5, 0.6) is 5.75 Å². The molecule has 1 aromatic carbocycles. The molecule has 1 N–H and O–H groups in total. The summed E-state index contributed by atoms with van der Waals surface area (Å²) in [6.45, 7) is 20.4. The van der Waals surface area contributed by atoms with E-state index in [2.05, 4.69) is 31.9 Å². The van der Waals surface area contributed by atoms with Gasteiger partial charge in [0.1, 0.15) is 21.6 Å². The van der Waals surface area contributed by atoms with Gasteiger partial charge in [-0.25, -0.2) is 13.3 Å². The quantitative estimate of drug-likeness (QED) is 0.228. The maximum Gasteiger partial charge on any atom is 0.335 e. The summed E-state index contributed by atoms with van der Waals surface area (Å²) in [5, 5.41) is 9.81. The van der Waals surface area contributed by atoms with Crippen LogP contribution in [0.1, 0.15) is 70.7 Å². The van der Waals surface area contributed by atoms with E-state index in [1.165, 1.54) is 6.07 Å². The number of carbonyl (C=O) groups is 1. The van der Waals surface area contributed by atoms with Crippen LogP contribution < -0.4 is 9.64 Å². The topological polar surface area (TPSA) is 70.1 Å². The van der Waals surface area contributed by atoms with Gasteiger partial charge in [0.15, 0.2) is 5.75 Å². The fourth-order valence-electron chi connectivity index (χ4n) is 3.23. The third-order valence-electron chi connectivity index (χ3n) is 5.10. The summed E-state index contributed by atoms with van der Waals surface area (Å²) in [5.41, 5.74) is 1.58. The number of allylic oxidation sites excluding steroid dienone is 3. The summed E-state index contributed by atoms with van der Waals surface area (Å²) in [5.74, 6) is -0.299. The fourth-order valence-corrected chi connectivity index (χ4v) is 4.51. The van der Waals surface area contributed by atoms with Crippen LogP contribution in [-0.2, 0) is 11.0 Å². The third-order valence-corrected chi connectivity index (χ3v) is 6.77. The summed E-state index contributed by atoms with van der Waals surface area (Å²) in [7, 11) is -1.59. The fraction of sp³-hybridized carbons (Fsp3) is 0.500. The van der Waals surface area contributed by atoms with Crippen molar-refractivity contribution < 1.29 is 18.8 Å². The smallest absolute Gasteiger partial charge is 0.335 e. The van der Waals surface area contributed by atoms with E-state index in [0.717, 1.165) is 44.3 Å². The molecule has 0 heterocycles. The predicted molar refractivity (Wildman–Crippen MR) is 138 cm³/mol. The Morgan fingerprint density at radius 1 is 1.06 bits per heavy atom. The maximum atomic E-state index is 13.5. The second-order valence-corrected chi connectivity index (χ2v) is 9.39. The van der Waals surface area contributed by atoms with Crippen molar-refractivity contribution in [3.8, 4) is 5.75 Å². The van der Waals surface area contributed by atoms with Crippen molar-refractivity contribution in [2.45, 2.75) is 65.2 Å². The van der Waals surface area contributed by atoms with E-state index in [0.29, 0.717) is 35.2 Å². The molecule has 0 saturated carbocycles. The number of unbranched alkanes of at least 4 members (excludes halogenated alkanes) is 2. The zero-order chi connectivity index (χ0) is 25.0. The van der Waals surface area contributed by atoms with E-state index < -0.39 is 17.0 Å². The summed E-state index contributed by atoms with van der Waals surface area (Å²) in [6.07, 6.45) is 7.41. The van der Waals surface area contributed by atoms with Crippen molar-refractivity contribution in [1.29, 1.82) is 0 Å². The van der Waals surface area contributed by atoms with Crippen LogP contribution in [0.25, 0.3) is 0 Å². The molecular weight excluding hydrogens is 436 g/mol. The van der Waals surface area contributed by atoms with Crippen LogP contribution in [0.3, 0.4) is 0 Å². The molecule has 1 rings (SSSR count). The number of nitrogens with zero attached hydrogens (tertiary/aromatic N) is 2. The van der Waals surface area contributed by atoms with Crippen LogP contribution >= 0.6 is 0 Å². The average Bonchev–Trinajstić information content (AvgIpc) is 2.78. The Morgan fingerprint density at radius 3 is 2.09 bits per heavy atom. The second-order valence-electron chi connectivity index (χ2n) is 7.93. The molecular formula is C26H40N2O4S. The highest BCUT2D eigenvalue weighted by Gasteiger charge is 2.26. The number of ether oxygens (including phenoxy) is 1. The Hall–Kier alpha value is -2.38. The first-order chi connectivity index (χ1) is 15.7. The first-order valence-electron chi connectivity index (χ1n) is 11.7. The standard InChI is InChI=1S/C26H40N2O4S/c1-8-12-16-27(17-13-9-2)23-18-22(26(29)30)19-24(33(31)28(10-3)11-4)25(23)32-21(7)15-14-20(5)6/h14-15,18-19H,5,7-13,16-17H2,1-4,6H3,(H,29,30)/b15-14-. The van der Waals surface area contributed by atoms with Gasteiger partial charge in [0.25, 0.3) is 0 Å². The van der Waals surface area contributed by atoms with Crippen LogP contribution in [0.4, 0.5) is 5.69 Å². The van der Waals surface area contributed by atoms with Crippen LogP contribution in [-0.4, -0.2) is 45.8 Å². The van der Waals surface area contributed by atoms with Crippen molar-refractivity contribution in [2.24, 2.45) is 0 Å². The highest BCUT2D eigenvalue weighted by atomic mass is 32.2. The van der Waals surface area contributed by atoms with Gasteiger partial charge in [0.05, 0.1) is 11.3 Å². The van der Waals surface area contributed by atoms with Crippen molar-refractivity contribution >= 4 is 22.6 Å². The SMILES string of the molecule is C=C(C)/C=C\C(=C)Oc1c(N(CCCC)CCCC)cc(C(=O)O)cc1S(=O)N(CC)CC. The molecule has 0 bridgehead atoms. The lowest BCUT2D eigenvalue weighted by molar-refractivity contribution is 0.0696. The molecule has 184 valence electrons. The lowest BCUT2D eigenvalue weighted by Gasteiger charge is -2.29. The molecule has 0 spiro atoms. The highest BCUT2D eigenvalue weighted by Crippen LogP contribution is 2.38. The number of benzene rings is 1. The Labute approximate surface area is 202 Å². The maximum absolute atomic E-state index is 13.5. The molecule has 0 aliphatic carbocycles. The number of carboxylic acids is 1. The molecule has 1 unspecified atom stereocenters. The van der Waals surface area contributed by atoms with Crippen molar-refractivity contribution in [1.82, 2.24) is 4.31 Å². The van der Waals surface area contributed by atoms with Gasteiger partial charge in [-0.1, -0.05) is 65.3 Å². The molecule has 0 aliphatic rings. The number of hydrogen-bond acceptors (Lipinski definition) is 4. The van der Waals surface area contributed by atoms with Gasteiger partial charge in [0, 0.05) is 26.2 Å². The Kier molecular flexibility index (Phi) is 12.8. The zero-order valence-corrected chi connectivity index (χ0v) is 21.7. The molecule has 0 saturated heterocycles. The average molecular weight is 477 g/mol. The van der Waals surface area contributed by atoms with E-state index in [-0.39, 0.29) is 5.56 Å². The van der Waals surface area contributed by atoms with Crippen LogP contribution in [0.2, 0.25) is 0 Å². The van der Waals surface area contributed by atoms with Crippen LogP contribution in [0.15, 0.2) is 53.7 Å². The number of anilines is 1. The molecule has 1 aromatic rings. The molecule has 0 amide bonds. The lowest BCUT2D eigenvalue weighted by Crippen LogP contribution is -2.29. The largest absolute Gasteiger partial charge is 0.478 e. The number of hydrogen-bond donors (Lipinski definition) is 1. The van der Waals surface area contributed by atoms with Crippen molar-refractivity contribution in [2.75, 3.05) is 31.1 Å². The van der Waals surface area contributed by atoms with Crippen molar-refractivity contribution in [3.63, 3.8) is 0 Å². The lowest BCUT2D eigenvalue weighted by atomic mass is 10.1. The van der Waals surface area contributed by atoms with E-state index in [4.69, 9.17) is 4.74 Å².